The molecule has 0 radical (unpaired) electrons. The van der Waals surface area contributed by atoms with Crippen molar-refractivity contribution in [3.05, 3.63) is 29.8 Å². The van der Waals surface area contributed by atoms with Gasteiger partial charge < -0.3 is 0 Å². The highest BCUT2D eigenvalue weighted by molar-refractivity contribution is 7.89. The number of sulfonamides is 1. The first-order valence-electron chi connectivity index (χ1n) is 5.51. The molecule has 0 aliphatic rings. The second-order valence-electron chi connectivity index (χ2n) is 3.61. The molecule has 0 saturated heterocycles. The molecule has 1 N–H and O–H groups in total. The molecule has 0 unspecified atom stereocenters. The van der Waals surface area contributed by atoms with Crippen LogP contribution in [-0.2, 0) is 10.0 Å². The van der Waals surface area contributed by atoms with Crippen LogP contribution in [0.15, 0.2) is 29.2 Å². The number of hydrogen-bond donors (Lipinski definition) is 1. The molecule has 0 heterocycles. The molecule has 18 heavy (non-hydrogen) atoms. The molecule has 0 fully saturated rings. The zero-order valence-electron chi connectivity index (χ0n) is 10.0. The number of nitriles is 1. The number of hydrogen-bond acceptors (Lipinski definition) is 4. The minimum atomic E-state index is -3.65. The van der Waals surface area contributed by atoms with Crippen molar-refractivity contribution in [2.45, 2.75) is 24.7 Å². The highest BCUT2D eigenvalue weighted by atomic mass is 32.2. The van der Waals surface area contributed by atoms with E-state index >= 15 is 0 Å². The van der Waals surface area contributed by atoms with E-state index in [4.69, 9.17) is 5.26 Å². The van der Waals surface area contributed by atoms with Crippen molar-refractivity contribution in [2.75, 3.05) is 6.54 Å². The first-order chi connectivity index (χ1) is 8.51. The summed E-state index contributed by atoms with van der Waals surface area (Å²) in [5.41, 5.74) is 0.376. The van der Waals surface area contributed by atoms with Crippen LogP contribution < -0.4 is 4.72 Å². The highest BCUT2D eigenvalue weighted by Crippen LogP contribution is 2.12. The van der Waals surface area contributed by atoms with Gasteiger partial charge in [0.15, 0.2) is 5.78 Å². The monoisotopic (exact) mass is 266 g/mol. The summed E-state index contributed by atoms with van der Waals surface area (Å²) in [4.78, 5) is 11.5. The maximum atomic E-state index is 11.8. The van der Waals surface area contributed by atoms with Crippen LogP contribution in [0.4, 0.5) is 0 Å². The van der Waals surface area contributed by atoms with Gasteiger partial charge in [0.1, 0.15) is 0 Å². The summed E-state index contributed by atoms with van der Waals surface area (Å²) in [7, 11) is -3.65. The van der Waals surface area contributed by atoms with Gasteiger partial charge in [-0.15, -0.1) is 0 Å². The Balaban J connectivity index is 2.96. The molecule has 0 spiro atoms. The maximum absolute atomic E-state index is 11.8. The molecule has 1 aromatic rings. The molecule has 0 bridgehead atoms. The van der Waals surface area contributed by atoms with Crippen molar-refractivity contribution in [3.63, 3.8) is 0 Å². The maximum Gasteiger partial charge on any atom is 0.240 e. The third-order valence-corrected chi connectivity index (χ3v) is 3.78. The third-order valence-electron chi connectivity index (χ3n) is 2.32. The predicted octanol–water partition coefficient (Wildman–Crippen LogP) is 1.47. The van der Waals surface area contributed by atoms with Crippen LogP contribution in [0.1, 0.15) is 30.1 Å². The van der Waals surface area contributed by atoms with Gasteiger partial charge in [0.2, 0.25) is 10.0 Å². The fourth-order valence-corrected chi connectivity index (χ4v) is 2.44. The van der Waals surface area contributed by atoms with E-state index in [1.54, 1.807) is 13.0 Å². The average molecular weight is 266 g/mol. The van der Waals surface area contributed by atoms with E-state index in [0.29, 0.717) is 12.0 Å². The van der Waals surface area contributed by atoms with Gasteiger partial charge in [0.25, 0.3) is 0 Å². The van der Waals surface area contributed by atoms with Crippen molar-refractivity contribution < 1.29 is 13.2 Å². The predicted molar refractivity (Wildman–Crippen MR) is 66.5 cm³/mol. The number of carbonyl (C=O) groups excluding carboxylic acids is 1. The summed E-state index contributed by atoms with van der Waals surface area (Å²) in [6, 6.07) is 7.73. The lowest BCUT2D eigenvalue weighted by molar-refractivity contribution is 0.0988. The molecular formula is C12H14N2O3S. The molecule has 0 aliphatic heterocycles. The standard InChI is InChI=1S/C12H14N2O3S/c1-2-12(15)10-5-3-6-11(9-10)18(16,17)14-8-4-7-13/h3,5-6,9,14H,2,4,8H2,1H3. The van der Waals surface area contributed by atoms with E-state index in [-0.39, 0.29) is 23.6 Å². The van der Waals surface area contributed by atoms with Gasteiger partial charge in [-0.2, -0.15) is 5.26 Å². The van der Waals surface area contributed by atoms with Gasteiger partial charge in [-0.1, -0.05) is 19.1 Å². The highest BCUT2D eigenvalue weighted by Gasteiger charge is 2.14. The van der Waals surface area contributed by atoms with Gasteiger partial charge >= 0.3 is 0 Å². The fraction of sp³-hybridized carbons (Fsp3) is 0.333. The Labute approximate surface area is 106 Å². The second kappa shape index (κ2) is 6.28. The van der Waals surface area contributed by atoms with Crippen LogP contribution >= 0.6 is 0 Å². The zero-order valence-corrected chi connectivity index (χ0v) is 10.8. The van der Waals surface area contributed by atoms with E-state index < -0.39 is 10.0 Å². The molecule has 0 atom stereocenters. The molecule has 1 aromatic carbocycles. The number of rotatable bonds is 6. The van der Waals surface area contributed by atoms with E-state index in [1.165, 1.54) is 18.2 Å². The van der Waals surface area contributed by atoms with Gasteiger partial charge in [-0.3, -0.25) is 4.79 Å². The van der Waals surface area contributed by atoms with Crippen LogP contribution in [0, 0.1) is 11.3 Å². The van der Waals surface area contributed by atoms with Crippen molar-refractivity contribution in [1.29, 1.82) is 5.26 Å². The van der Waals surface area contributed by atoms with E-state index in [2.05, 4.69) is 4.72 Å². The molecule has 6 heteroatoms. The Kier molecular flexibility index (Phi) is 5.01. The van der Waals surface area contributed by atoms with E-state index in [0.717, 1.165) is 0 Å². The minimum Gasteiger partial charge on any atom is -0.294 e. The van der Waals surface area contributed by atoms with Crippen LogP contribution in [0.5, 0.6) is 0 Å². The number of ketones is 1. The van der Waals surface area contributed by atoms with Gasteiger partial charge in [-0.25, -0.2) is 13.1 Å². The molecule has 0 aromatic heterocycles. The van der Waals surface area contributed by atoms with Crippen LogP contribution in [0.25, 0.3) is 0 Å². The lowest BCUT2D eigenvalue weighted by atomic mass is 10.1. The second-order valence-corrected chi connectivity index (χ2v) is 5.38. The molecule has 0 aliphatic carbocycles. The van der Waals surface area contributed by atoms with Crippen LogP contribution in [0.3, 0.4) is 0 Å². The molecule has 0 amide bonds. The first kappa shape index (κ1) is 14.4. The summed E-state index contributed by atoms with van der Waals surface area (Å²) < 4.78 is 26.0. The first-order valence-corrected chi connectivity index (χ1v) is 6.99. The molecule has 0 saturated carbocycles. The summed E-state index contributed by atoms with van der Waals surface area (Å²) in [5, 5.41) is 8.35. The summed E-state index contributed by atoms with van der Waals surface area (Å²) in [5.74, 6) is -0.107. The zero-order chi connectivity index (χ0) is 13.6. The Morgan fingerprint density at radius 3 is 2.78 bits per heavy atom. The lowest BCUT2D eigenvalue weighted by Crippen LogP contribution is -2.24. The van der Waals surface area contributed by atoms with Crippen molar-refractivity contribution >= 4 is 15.8 Å². The topological polar surface area (TPSA) is 87.0 Å². The SMILES string of the molecule is CCC(=O)c1cccc(S(=O)(=O)NCCC#N)c1. The Hall–Kier alpha value is -1.71. The fourth-order valence-electron chi connectivity index (χ4n) is 1.37. The average Bonchev–Trinajstić information content (AvgIpc) is 2.38. The number of carbonyl (C=O) groups is 1. The summed E-state index contributed by atoms with van der Waals surface area (Å²) in [6.07, 6.45) is 0.429. The van der Waals surface area contributed by atoms with Crippen molar-refractivity contribution in [1.82, 2.24) is 4.72 Å². The number of Topliss-reactive ketones (excluding diaryl/α,β-unsaturated/α-hetero) is 1. The summed E-state index contributed by atoms with van der Waals surface area (Å²) >= 11 is 0. The molecular weight excluding hydrogens is 252 g/mol. The van der Waals surface area contributed by atoms with E-state index in [1.807, 2.05) is 6.07 Å². The quantitative estimate of drug-likeness (QED) is 0.624. The Morgan fingerprint density at radius 1 is 1.44 bits per heavy atom. The summed E-state index contributed by atoms with van der Waals surface area (Å²) in [6.45, 7) is 1.78. The number of benzene rings is 1. The van der Waals surface area contributed by atoms with Crippen LogP contribution in [0.2, 0.25) is 0 Å². The van der Waals surface area contributed by atoms with Crippen LogP contribution in [-0.4, -0.2) is 20.7 Å². The van der Waals surface area contributed by atoms with Gasteiger partial charge in [-0.05, 0) is 12.1 Å². The van der Waals surface area contributed by atoms with Crippen molar-refractivity contribution in [3.8, 4) is 6.07 Å². The number of nitrogens with zero attached hydrogens (tertiary/aromatic N) is 1. The van der Waals surface area contributed by atoms with Gasteiger partial charge in [0.05, 0.1) is 11.0 Å². The largest absolute Gasteiger partial charge is 0.294 e. The van der Waals surface area contributed by atoms with E-state index in [9.17, 15) is 13.2 Å². The molecule has 96 valence electrons. The third kappa shape index (κ3) is 3.65. The lowest BCUT2D eigenvalue weighted by Gasteiger charge is -2.06. The molecule has 5 nitrogen and oxygen atoms in total. The Morgan fingerprint density at radius 2 is 2.17 bits per heavy atom. The van der Waals surface area contributed by atoms with Gasteiger partial charge in [0, 0.05) is 24.9 Å². The van der Waals surface area contributed by atoms with Crippen molar-refractivity contribution in [2.24, 2.45) is 0 Å². The smallest absolute Gasteiger partial charge is 0.240 e. The Bertz CT molecular complexity index is 573. The molecule has 1 rings (SSSR count). The minimum absolute atomic E-state index is 0.0414. The normalized spacial score (nSPS) is 10.9. The number of nitrogens with one attached hydrogen (secondary N) is 1.